The van der Waals surface area contributed by atoms with Crippen LogP contribution >= 0.6 is 0 Å². The molecule has 2 heterocycles. The number of likely N-dealkylation sites (N-methyl/N-ethyl adjacent to an activating group) is 1. The van der Waals surface area contributed by atoms with Gasteiger partial charge in [0.2, 0.25) is 0 Å². The molecule has 0 bridgehead atoms. The summed E-state index contributed by atoms with van der Waals surface area (Å²) in [4.78, 5) is 16.9. The molecule has 0 aliphatic carbocycles. The largest absolute Gasteiger partial charge is 0.333 e. The fraction of sp³-hybridized carbons (Fsp3) is 0.467. The lowest BCUT2D eigenvalue weighted by Crippen LogP contribution is -2.41. The number of likely N-dealkylation sites (tertiary alicyclic amines) is 1. The summed E-state index contributed by atoms with van der Waals surface area (Å²) >= 11 is 0. The van der Waals surface area contributed by atoms with Crippen LogP contribution in [-0.4, -0.2) is 59.1 Å². The Balaban J connectivity index is 1.88. The SMILES string of the molecule is CN(C)CC1CCCN1C(=O)c1n[nH]c2ccccc12. The number of nitrogens with zero attached hydrogens (tertiary/aromatic N) is 3. The van der Waals surface area contributed by atoms with Crippen LogP contribution in [0.4, 0.5) is 0 Å². The van der Waals surface area contributed by atoms with Gasteiger partial charge in [0.25, 0.3) is 5.91 Å². The summed E-state index contributed by atoms with van der Waals surface area (Å²) in [6.07, 6.45) is 2.15. The zero-order valence-corrected chi connectivity index (χ0v) is 12.0. The first-order valence-corrected chi connectivity index (χ1v) is 7.05. The molecule has 1 unspecified atom stereocenters. The van der Waals surface area contributed by atoms with Crippen LogP contribution in [0.3, 0.4) is 0 Å². The van der Waals surface area contributed by atoms with Crippen LogP contribution in [0.5, 0.6) is 0 Å². The van der Waals surface area contributed by atoms with Crippen molar-refractivity contribution in [1.82, 2.24) is 20.0 Å². The summed E-state index contributed by atoms with van der Waals surface area (Å²) in [6.45, 7) is 1.74. The van der Waals surface area contributed by atoms with Crippen molar-refractivity contribution in [2.75, 3.05) is 27.2 Å². The number of aromatic nitrogens is 2. The number of hydrogen-bond donors (Lipinski definition) is 1. The summed E-state index contributed by atoms with van der Waals surface area (Å²) in [5.74, 6) is 0.0480. The fourth-order valence-electron chi connectivity index (χ4n) is 2.98. The number of carbonyl (C=O) groups excluding carboxylic acids is 1. The number of carbonyl (C=O) groups is 1. The van der Waals surface area contributed by atoms with Crippen molar-refractivity contribution < 1.29 is 4.79 Å². The molecule has 2 aromatic rings. The fourth-order valence-corrected chi connectivity index (χ4v) is 2.98. The molecule has 1 N–H and O–H groups in total. The van der Waals surface area contributed by atoms with Crippen molar-refractivity contribution in [2.45, 2.75) is 18.9 Å². The molecule has 1 fully saturated rings. The smallest absolute Gasteiger partial charge is 0.275 e. The van der Waals surface area contributed by atoms with Crippen LogP contribution < -0.4 is 0 Å². The summed E-state index contributed by atoms with van der Waals surface area (Å²) < 4.78 is 0. The van der Waals surface area contributed by atoms with Gasteiger partial charge >= 0.3 is 0 Å². The maximum atomic E-state index is 12.7. The minimum atomic E-state index is 0.0480. The number of aromatic amines is 1. The molecule has 1 aromatic heterocycles. The standard InChI is InChI=1S/C15H20N4O/c1-18(2)10-11-6-5-9-19(11)15(20)14-12-7-3-4-8-13(12)16-17-14/h3-4,7-8,11H,5-6,9-10H2,1-2H3,(H,16,17). The van der Waals surface area contributed by atoms with Crippen molar-refractivity contribution in [3.05, 3.63) is 30.0 Å². The molecule has 1 aromatic carbocycles. The van der Waals surface area contributed by atoms with E-state index in [1.165, 1.54) is 0 Å². The highest BCUT2D eigenvalue weighted by atomic mass is 16.2. The van der Waals surface area contributed by atoms with Crippen molar-refractivity contribution in [2.24, 2.45) is 0 Å². The second-order valence-corrected chi connectivity index (χ2v) is 5.67. The number of nitrogens with one attached hydrogen (secondary N) is 1. The number of fused-ring (bicyclic) bond motifs is 1. The van der Waals surface area contributed by atoms with Gasteiger partial charge in [-0.3, -0.25) is 9.89 Å². The number of benzene rings is 1. The number of para-hydroxylation sites is 1. The minimum absolute atomic E-state index is 0.0480. The van der Waals surface area contributed by atoms with Gasteiger partial charge in [-0.2, -0.15) is 5.10 Å². The average molecular weight is 272 g/mol. The quantitative estimate of drug-likeness (QED) is 0.925. The molecule has 1 aliphatic rings. The van der Waals surface area contributed by atoms with Gasteiger partial charge in [-0.25, -0.2) is 0 Å². The van der Waals surface area contributed by atoms with Crippen LogP contribution in [0.25, 0.3) is 10.9 Å². The summed E-state index contributed by atoms with van der Waals surface area (Å²) in [6, 6.07) is 8.08. The van der Waals surface area contributed by atoms with Gasteiger partial charge in [-0.05, 0) is 33.0 Å². The lowest BCUT2D eigenvalue weighted by molar-refractivity contribution is 0.0712. The first kappa shape index (κ1) is 13.1. The summed E-state index contributed by atoms with van der Waals surface area (Å²) in [7, 11) is 4.09. The Bertz CT molecular complexity index is 619. The summed E-state index contributed by atoms with van der Waals surface area (Å²) in [5, 5.41) is 8.07. The monoisotopic (exact) mass is 272 g/mol. The molecule has 5 heteroatoms. The van der Waals surface area contributed by atoms with E-state index in [-0.39, 0.29) is 5.91 Å². The Hall–Kier alpha value is -1.88. The Morgan fingerprint density at radius 1 is 1.45 bits per heavy atom. The van der Waals surface area contributed by atoms with Gasteiger partial charge < -0.3 is 9.80 Å². The highest BCUT2D eigenvalue weighted by molar-refractivity contribution is 6.04. The van der Waals surface area contributed by atoms with E-state index in [2.05, 4.69) is 15.1 Å². The first-order valence-electron chi connectivity index (χ1n) is 7.05. The topological polar surface area (TPSA) is 52.2 Å². The lowest BCUT2D eigenvalue weighted by Gasteiger charge is -2.26. The predicted molar refractivity (Wildman–Crippen MR) is 78.7 cm³/mol. The molecule has 1 amide bonds. The number of amides is 1. The van der Waals surface area contributed by atoms with Gasteiger partial charge in [0.15, 0.2) is 5.69 Å². The van der Waals surface area contributed by atoms with Crippen LogP contribution in [0.2, 0.25) is 0 Å². The van der Waals surface area contributed by atoms with Crippen LogP contribution in [0.1, 0.15) is 23.3 Å². The molecule has 0 radical (unpaired) electrons. The maximum absolute atomic E-state index is 12.7. The van der Waals surface area contributed by atoms with Crippen molar-refractivity contribution in [3.63, 3.8) is 0 Å². The first-order chi connectivity index (χ1) is 9.66. The van der Waals surface area contributed by atoms with Gasteiger partial charge in [0.1, 0.15) is 0 Å². The van der Waals surface area contributed by atoms with Gasteiger partial charge in [0.05, 0.1) is 5.52 Å². The molecule has 3 rings (SSSR count). The van der Waals surface area contributed by atoms with E-state index in [1.807, 2.05) is 43.3 Å². The van der Waals surface area contributed by atoms with Crippen LogP contribution in [0.15, 0.2) is 24.3 Å². The van der Waals surface area contributed by atoms with E-state index in [0.29, 0.717) is 11.7 Å². The zero-order chi connectivity index (χ0) is 14.1. The van der Waals surface area contributed by atoms with Crippen LogP contribution in [-0.2, 0) is 0 Å². The number of hydrogen-bond acceptors (Lipinski definition) is 3. The third-order valence-electron chi connectivity index (χ3n) is 3.89. The van der Waals surface area contributed by atoms with E-state index in [9.17, 15) is 4.79 Å². The highest BCUT2D eigenvalue weighted by Gasteiger charge is 2.31. The van der Waals surface area contributed by atoms with E-state index in [0.717, 1.165) is 36.8 Å². The summed E-state index contributed by atoms with van der Waals surface area (Å²) in [5.41, 5.74) is 1.46. The van der Waals surface area contributed by atoms with Crippen LogP contribution in [0, 0.1) is 0 Å². The molecule has 106 valence electrons. The Morgan fingerprint density at radius 2 is 2.25 bits per heavy atom. The van der Waals surface area contributed by atoms with E-state index >= 15 is 0 Å². The van der Waals surface area contributed by atoms with Gasteiger partial charge in [-0.1, -0.05) is 18.2 Å². The molecule has 0 saturated carbocycles. The third-order valence-corrected chi connectivity index (χ3v) is 3.89. The predicted octanol–water partition coefficient (Wildman–Crippen LogP) is 1.73. The minimum Gasteiger partial charge on any atom is -0.333 e. The third kappa shape index (κ3) is 2.29. The Kier molecular flexibility index (Phi) is 3.44. The second kappa shape index (κ2) is 5.25. The average Bonchev–Trinajstić information content (AvgIpc) is 3.03. The number of H-pyrrole nitrogens is 1. The molecule has 1 aliphatic heterocycles. The van der Waals surface area contributed by atoms with Crippen molar-refractivity contribution >= 4 is 16.8 Å². The lowest BCUT2D eigenvalue weighted by atomic mass is 10.1. The van der Waals surface area contributed by atoms with E-state index in [4.69, 9.17) is 0 Å². The second-order valence-electron chi connectivity index (χ2n) is 5.67. The van der Waals surface area contributed by atoms with E-state index in [1.54, 1.807) is 0 Å². The Labute approximate surface area is 118 Å². The van der Waals surface area contributed by atoms with Crippen molar-refractivity contribution in [1.29, 1.82) is 0 Å². The molecule has 1 atom stereocenters. The van der Waals surface area contributed by atoms with Crippen molar-refractivity contribution in [3.8, 4) is 0 Å². The molecule has 5 nitrogen and oxygen atoms in total. The highest BCUT2D eigenvalue weighted by Crippen LogP contribution is 2.23. The molecule has 0 spiro atoms. The van der Waals surface area contributed by atoms with Gasteiger partial charge in [-0.15, -0.1) is 0 Å². The molecular weight excluding hydrogens is 252 g/mol. The van der Waals surface area contributed by atoms with E-state index < -0.39 is 0 Å². The molecule has 20 heavy (non-hydrogen) atoms. The maximum Gasteiger partial charge on any atom is 0.275 e. The van der Waals surface area contributed by atoms with Gasteiger partial charge in [0, 0.05) is 24.5 Å². The Morgan fingerprint density at radius 3 is 3.05 bits per heavy atom. The zero-order valence-electron chi connectivity index (χ0n) is 12.0. The molecule has 1 saturated heterocycles. The normalized spacial score (nSPS) is 19.1. The molecular formula is C15H20N4O. The number of rotatable bonds is 3.